The Morgan fingerprint density at radius 2 is 2.24 bits per heavy atom. The van der Waals surface area contributed by atoms with Crippen LogP contribution in [0.15, 0.2) is 18.2 Å². The minimum Gasteiger partial charge on any atom is -0.497 e. The Labute approximate surface area is 100 Å². The molecule has 5 heteroatoms. The molecule has 0 fully saturated rings. The van der Waals surface area contributed by atoms with Gasteiger partial charge in [-0.1, -0.05) is 0 Å². The van der Waals surface area contributed by atoms with Gasteiger partial charge in [-0.3, -0.25) is 4.79 Å². The van der Waals surface area contributed by atoms with Crippen LogP contribution < -0.4 is 10.5 Å². The van der Waals surface area contributed by atoms with Crippen molar-refractivity contribution in [2.24, 2.45) is 0 Å². The number of ether oxygens (including phenoxy) is 1. The van der Waals surface area contributed by atoms with Crippen LogP contribution in [-0.4, -0.2) is 31.5 Å². The van der Waals surface area contributed by atoms with E-state index in [9.17, 15) is 4.79 Å². The number of nitrogens with zero attached hydrogens (tertiary/aromatic N) is 2. The van der Waals surface area contributed by atoms with Crippen LogP contribution >= 0.6 is 0 Å². The lowest BCUT2D eigenvalue weighted by Crippen LogP contribution is -2.27. The fourth-order valence-corrected chi connectivity index (χ4v) is 1.40. The quantitative estimate of drug-likeness (QED) is 0.794. The largest absolute Gasteiger partial charge is 0.497 e. The molecule has 0 spiro atoms. The van der Waals surface area contributed by atoms with Crippen LogP contribution in [0.3, 0.4) is 0 Å². The highest BCUT2D eigenvalue weighted by atomic mass is 16.5. The molecule has 2 N–H and O–H groups in total. The Balaban J connectivity index is 2.88. The van der Waals surface area contributed by atoms with Crippen LogP contribution in [0.4, 0.5) is 5.69 Å². The van der Waals surface area contributed by atoms with E-state index in [1.165, 1.54) is 12.0 Å². The number of hydrogen-bond donors (Lipinski definition) is 1. The Morgan fingerprint density at radius 3 is 2.82 bits per heavy atom. The molecular formula is C12H15N3O2. The summed E-state index contributed by atoms with van der Waals surface area (Å²) in [5.41, 5.74) is 6.60. The number of carbonyl (C=O) groups is 1. The molecule has 0 atom stereocenters. The lowest BCUT2D eigenvalue weighted by atomic mass is 10.1. The fourth-order valence-electron chi connectivity index (χ4n) is 1.40. The fraction of sp³-hybridized carbons (Fsp3) is 0.333. The molecule has 1 rings (SSSR count). The molecular weight excluding hydrogens is 218 g/mol. The number of anilines is 1. The SMILES string of the molecule is COc1cc(N)cc(C(=O)N(C)CCC#N)c1. The maximum atomic E-state index is 12.0. The summed E-state index contributed by atoms with van der Waals surface area (Å²) in [4.78, 5) is 13.5. The monoisotopic (exact) mass is 233 g/mol. The van der Waals surface area contributed by atoms with Gasteiger partial charge in [0.25, 0.3) is 5.91 Å². The van der Waals surface area contributed by atoms with Crippen molar-refractivity contribution in [3.8, 4) is 11.8 Å². The summed E-state index contributed by atoms with van der Waals surface area (Å²) in [6, 6.07) is 6.86. The van der Waals surface area contributed by atoms with Crippen LogP contribution in [0.2, 0.25) is 0 Å². The van der Waals surface area contributed by atoms with E-state index in [0.717, 1.165) is 0 Å². The van der Waals surface area contributed by atoms with E-state index >= 15 is 0 Å². The maximum Gasteiger partial charge on any atom is 0.253 e. The summed E-state index contributed by atoms with van der Waals surface area (Å²) in [5.74, 6) is 0.368. The van der Waals surface area contributed by atoms with E-state index in [1.54, 1.807) is 25.2 Å². The minimum atomic E-state index is -0.175. The normalized spacial score (nSPS) is 9.47. The third kappa shape index (κ3) is 3.38. The Morgan fingerprint density at radius 1 is 1.53 bits per heavy atom. The summed E-state index contributed by atoms with van der Waals surface area (Å²) in [6.45, 7) is 0.395. The number of methoxy groups -OCH3 is 1. The van der Waals surface area contributed by atoms with Gasteiger partial charge in [-0.15, -0.1) is 0 Å². The third-order valence-electron chi connectivity index (χ3n) is 2.32. The van der Waals surface area contributed by atoms with Gasteiger partial charge in [0.15, 0.2) is 0 Å². The second-order valence-electron chi connectivity index (χ2n) is 3.63. The average molecular weight is 233 g/mol. The number of rotatable bonds is 4. The zero-order valence-corrected chi connectivity index (χ0v) is 9.93. The van der Waals surface area contributed by atoms with E-state index in [2.05, 4.69) is 0 Å². The Hall–Kier alpha value is -2.22. The minimum absolute atomic E-state index is 0.175. The van der Waals surface area contributed by atoms with Gasteiger partial charge in [0.05, 0.1) is 19.6 Å². The van der Waals surface area contributed by atoms with Gasteiger partial charge in [0.2, 0.25) is 0 Å². The number of carbonyl (C=O) groups excluding carboxylic acids is 1. The molecule has 5 nitrogen and oxygen atoms in total. The topological polar surface area (TPSA) is 79.3 Å². The van der Waals surface area contributed by atoms with E-state index in [1.807, 2.05) is 6.07 Å². The van der Waals surface area contributed by atoms with Crippen molar-refractivity contribution in [2.45, 2.75) is 6.42 Å². The molecule has 1 aromatic rings. The molecule has 0 radical (unpaired) electrons. The Bertz CT molecular complexity index is 452. The van der Waals surface area contributed by atoms with Gasteiger partial charge in [-0.05, 0) is 12.1 Å². The highest BCUT2D eigenvalue weighted by Crippen LogP contribution is 2.19. The number of nitrogen functional groups attached to an aromatic ring is 1. The van der Waals surface area contributed by atoms with Crippen molar-refractivity contribution in [3.05, 3.63) is 23.8 Å². The van der Waals surface area contributed by atoms with Crippen molar-refractivity contribution in [1.82, 2.24) is 4.90 Å². The summed E-state index contributed by atoms with van der Waals surface area (Å²) in [5, 5.41) is 8.47. The first-order valence-electron chi connectivity index (χ1n) is 5.15. The van der Waals surface area contributed by atoms with Gasteiger partial charge < -0.3 is 15.4 Å². The molecule has 0 aromatic heterocycles. The summed E-state index contributed by atoms with van der Waals surface area (Å²) in [7, 11) is 3.16. The van der Waals surface area contributed by atoms with Gasteiger partial charge in [0.1, 0.15) is 5.75 Å². The Kier molecular flexibility index (Phi) is 4.35. The predicted molar refractivity (Wildman–Crippen MR) is 64.6 cm³/mol. The van der Waals surface area contributed by atoms with Crippen molar-refractivity contribution >= 4 is 11.6 Å². The third-order valence-corrected chi connectivity index (χ3v) is 2.32. The first kappa shape index (κ1) is 12.8. The smallest absolute Gasteiger partial charge is 0.253 e. The van der Waals surface area contributed by atoms with Crippen molar-refractivity contribution < 1.29 is 9.53 Å². The van der Waals surface area contributed by atoms with Gasteiger partial charge in [-0.2, -0.15) is 5.26 Å². The molecule has 0 aliphatic rings. The predicted octanol–water partition coefficient (Wildman–Crippen LogP) is 1.26. The van der Waals surface area contributed by atoms with Crippen molar-refractivity contribution in [3.63, 3.8) is 0 Å². The molecule has 0 saturated carbocycles. The summed E-state index contributed by atoms with van der Waals surface area (Å²) in [6.07, 6.45) is 0.307. The van der Waals surface area contributed by atoms with E-state index < -0.39 is 0 Å². The van der Waals surface area contributed by atoms with E-state index in [-0.39, 0.29) is 5.91 Å². The number of amides is 1. The molecule has 0 saturated heterocycles. The lowest BCUT2D eigenvalue weighted by molar-refractivity contribution is 0.0797. The second kappa shape index (κ2) is 5.75. The highest BCUT2D eigenvalue weighted by Gasteiger charge is 2.12. The van der Waals surface area contributed by atoms with E-state index in [4.69, 9.17) is 15.7 Å². The zero-order chi connectivity index (χ0) is 12.8. The molecule has 17 heavy (non-hydrogen) atoms. The molecule has 0 aliphatic carbocycles. The molecule has 1 amide bonds. The number of nitriles is 1. The molecule has 0 aliphatic heterocycles. The second-order valence-corrected chi connectivity index (χ2v) is 3.63. The molecule has 1 aromatic carbocycles. The van der Waals surface area contributed by atoms with Crippen LogP contribution in [0, 0.1) is 11.3 Å². The average Bonchev–Trinajstić information content (AvgIpc) is 2.34. The first-order chi connectivity index (χ1) is 8.08. The zero-order valence-electron chi connectivity index (χ0n) is 9.93. The number of benzene rings is 1. The van der Waals surface area contributed by atoms with Crippen LogP contribution in [-0.2, 0) is 0 Å². The standard InChI is InChI=1S/C12H15N3O2/c1-15(5-3-4-13)12(16)9-6-10(14)8-11(7-9)17-2/h6-8H,3,5,14H2,1-2H3. The van der Waals surface area contributed by atoms with Gasteiger partial charge >= 0.3 is 0 Å². The molecule has 0 bridgehead atoms. The van der Waals surface area contributed by atoms with Crippen LogP contribution in [0.5, 0.6) is 5.75 Å². The van der Waals surface area contributed by atoms with Gasteiger partial charge in [0, 0.05) is 30.9 Å². The van der Waals surface area contributed by atoms with Crippen molar-refractivity contribution in [2.75, 3.05) is 26.4 Å². The van der Waals surface area contributed by atoms with Crippen LogP contribution in [0.25, 0.3) is 0 Å². The molecule has 0 unspecified atom stereocenters. The van der Waals surface area contributed by atoms with Gasteiger partial charge in [-0.25, -0.2) is 0 Å². The lowest BCUT2D eigenvalue weighted by Gasteiger charge is -2.16. The number of nitrogens with two attached hydrogens (primary N) is 1. The van der Waals surface area contributed by atoms with E-state index in [0.29, 0.717) is 30.0 Å². The highest BCUT2D eigenvalue weighted by molar-refractivity contribution is 5.95. The first-order valence-corrected chi connectivity index (χ1v) is 5.15. The number of hydrogen-bond acceptors (Lipinski definition) is 4. The molecule has 90 valence electrons. The summed E-state index contributed by atoms with van der Waals surface area (Å²) < 4.78 is 5.04. The maximum absolute atomic E-state index is 12.0. The molecule has 0 heterocycles. The van der Waals surface area contributed by atoms with Crippen molar-refractivity contribution in [1.29, 1.82) is 5.26 Å². The van der Waals surface area contributed by atoms with Crippen LogP contribution in [0.1, 0.15) is 16.8 Å². The summed E-state index contributed by atoms with van der Waals surface area (Å²) >= 11 is 0.